The van der Waals surface area contributed by atoms with Gasteiger partial charge in [0.25, 0.3) is 0 Å². The summed E-state index contributed by atoms with van der Waals surface area (Å²) in [6.45, 7) is 3.66. The molecule has 0 aromatic rings. The van der Waals surface area contributed by atoms with Gasteiger partial charge in [-0.3, -0.25) is 4.79 Å². The molecule has 0 bridgehead atoms. The minimum atomic E-state index is -0.982. The van der Waals surface area contributed by atoms with Crippen LogP contribution < -0.4 is 0 Å². The van der Waals surface area contributed by atoms with Crippen molar-refractivity contribution in [3.63, 3.8) is 0 Å². The molecular weight excluding hydrogens is 148 g/mol. The fourth-order valence-corrected chi connectivity index (χ4v) is 1.63. The first-order valence-electron chi connectivity index (χ1n) is 3.40. The molecule has 1 saturated carbocycles. The molecule has 11 heavy (non-hydrogen) atoms. The highest BCUT2D eigenvalue weighted by molar-refractivity contribution is 5.82. The maximum Gasteiger partial charge on any atom is 0.509 e. The zero-order valence-electron chi connectivity index (χ0n) is 6.29. The molecule has 0 N–H and O–H groups in total. The Balaban J connectivity index is 2.33. The van der Waals surface area contributed by atoms with Gasteiger partial charge in [0.15, 0.2) is 12.4 Å². The molecule has 0 spiro atoms. The molecule has 0 radical (unpaired) electrons. The first-order valence-corrected chi connectivity index (χ1v) is 3.40. The van der Waals surface area contributed by atoms with Crippen LogP contribution in [0.5, 0.6) is 0 Å². The average Bonchev–Trinajstić information content (AvgIpc) is 2.26. The summed E-state index contributed by atoms with van der Waals surface area (Å²) in [4.78, 5) is 21.1. The summed E-state index contributed by atoms with van der Waals surface area (Å²) in [5, 5.41) is 0. The lowest BCUT2D eigenvalue weighted by atomic mass is 10.1. The van der Waals surface area contributed by atoms with E-state index in [1.54, 1.807) is 0 Å². The lowest BCUT2D eigenvalue weighted by molar-refractivity contribution is -0.117. The van der Waals surface area contributed by atoms with Crippen molar-refractivity contribution in [2.45, 2.75) is 25.6 Å². The van der Waals surface area contributed by atoms with Crippen LogP contribution in [0.15, 0.2) is 0 Å². The van der Waals surface area contributed by atoms with Gasteiger partial charge in [0, 0.05) is 0 Å². The molecule has 2 atom stereocenters. The molecule has 2 fully saturated rings. The Morgan fingerprint density at radius 2 is 2.18 bits per heavy atom. The van der Waals surface area contributed by atoms with E-state index in [4.69, 9.17) is 9.47 Å². The molecule has 1 aliphatic carbocycles. The summed E-state index contributed by atoms with van der Waals surface area (Å²) < 4.78 is 9.51. The summed E-state index contributed by atoms with van der Waals surface area (Å²) in [5.41, 5.74) is -1.33. The summed E-state index contributed by atoms with van der Waals surface area (Å²) in [6, 6.07) is 0. The Hall–Kier alpha value is -1.06. The van der Waals surface area contributed by atoms with Crippen molar-refractivity contribution in [3.8, 4) is 0 Å². The highest BCUT2D eigenvalue weighted by Crippen LogP contribution is 2.62. The monoisotopic (exact) mass is 156 g/mol. The van der Waals surface area contributed by atoms with Crippen molar-refractivity contribution in [2.24, 2.45) is 5.41 Å². The second-order valence-electron chi connectivity index (χ2n) is 3.48. The first kappa shape index (κ1) is 6.64. The first-order chi connectivity index (χ1) is 5.04. The van der Waals surface area contributed by atoms with Crippen LogP contribution in [0, 0.1) is 5.41 Å². The van der Waals surface area contributed by atoms with E-state index in [0.29, 0.717) is 6.29 Å². The second kappa shape index (κ2) is 1.42. The van der Waals surface area contributed by atoms with Crippen LogP contribution in [0.3, 0.4) is 0 Å². The molecule has 1 aliphatic heterocycles. The number of hydrogen-bond donors (Lipinski definition) is 0. The van der Waals surface area contributed by atoms with Crippen LogP contribution in [-0.4, -0.2) is 24.1 Å². The standard InChI is InChI=1S/C7H8O4/c1-6(2)4-7(6,3-8)11-5(9)10-4/h3-4H,1-2H3. The largest absolute Gasteiger partial charge is 0.509 e. The van der Waals surface area contributed by atoms with Gasteiger partial charge in [0.2, 0.25) is 5.60 Å². The minimum Gasteiger partial charge on any atom is -0.425 e. The SMILES string of the molecule is CC1(C)C2OC(=O)OC21C=O. The van der Waals surface area contributed by atoms with Gasteiger partial charge < -0.3 is 9.47 Å². The quantitative estimate of drug-likeness (QED) is 0.409. The predicted molar refractivity (Wildman–Crippen MR) is 33.9 cm³/mol. The Morgan fingerprint density at radius 1 is 1.55 bits per heavy atom. The zero-order valence-corrected chi connectivity index (χ0v) is 6.29. The summed E-state index contributed by atoms with van der Waals surface area (Å²) >= 11 is 0. The van der Waals surface area contributed by atoms with Crippen molar-refractivity contribution in [1.29, 1.82) is 0 Å². The number of hydrogen-bond acceptors (Lipinski definition) is 4. The highest BCUT2D eigenvalue weighted by atomic mass is 16.8. The number of rotatable bonds is 1. The van der Waals surface area contributed by atoms with Crippen molar-refractivity contribution in [1.82, 2.24) is 0 Å². The van der Waals surface area contributed by atoms with Crippen molar-refractivity contribution >= 4 is 12.4 Å². The average molecular weight is 156 g/mol. The number of carbonyl (C=O) groups is 2. The minimum absolute atomic E-state index is 0.345. The van der Waals surface area contributed by atoms with Gasteiger partial charge in [-0.15, -0.1) is 0 Å². The maximum absolute atomic E-state index is 10.6. The predicted octanol–water partition coefficient (Wildman–Crippen LogP) is 0.499. The van der Waals surface area contributed by atoms with E-state index in [2.05, 4.69) is 0 Å². The molecule has 60 valence electrons. The van der Waals surface area contributed by atoms with Crippen LogP contribution in [-0.2, 0) is 14.3 Å². The zero-order chi connectivity index (χ0) is 8.28. The molecule has 2 rings (SSSR count). The van der Waals surface area contributed by atoms with Gasteiger partial charge in [-0.05, 0) is 0 Å². The van der Waals surface area contributed by atoms with E-state index in [1.807, 2.05) is 13.8 Å². The van der Waals surface area contributed by atoms with E-state index in [-0.39, 0.29) is 11.5 Å². The lowest BCUT2D eigenvalue weighted by Gasteiger charge is -2.09. The number of fused-ring (bicyclic) bond motifs is 1. The van der Waals surface area contributed by atoms with E-state index in [0.717, 1.165) is 0 Å². The van der Waals surface area contributed by atoms with Crippen molar-refractivity contribution in [2.75, 3.05) is 0 Å². The van der Waals surface area contributed by atoms with Gasteiger partial charge in [0.1, 0.15) is 0 Å². The Morgan fingerprint density at radius 3 is 2.55 bits per heavy atom. The van der Waals surface area contributed by atoms with Gasteiger partial charge in [-0.2, -0.15) is 0 Å². The normalized spacial score (nSPS) is 43.8. The third-order valence-electron chi connectivity index (χ3n) is 2.61. The topological polar surface area (TPSA) is 52.6 Å². The van der Waals surface area contributed by atoms with Crippen LogP contribution in [0.25, 0.3) is 0 Å². The Labute approximate surface area is 63.5 Å². The molecule has 1 heterocycles. The van der Waals surface area contributed by atoms with E-state index in [1.165, 1.54) is 0 Å². The maximum atomic E-state index is 10.6. The third kappa shape index (κ3) is 0.480. The van der Waals surface area contributed by atoms with Gasteiger partial charge in [-0.1, -0.05) is 13.8 Å². The van der Waals surface area contributed by atoms with Crippen LogP contribution >= 0.6 is 0 Å². The molecule has 0 amide bonds. The highest BCUT2D eigenvalue weighted by Gasteiger charge is 2.82. The second-order valence-corrected chi connectivity index (χ2v) is 3.48. The number of ether oxygens (including phenoxy) is 2. The fourth-order valence-electron chi connectivity index (χ4n) is 1.63. The van der Waals surface area contributed by atoms with Crippen molar-refractivity contribution in [3.05, 3.63) is 0 Å². The number of aldehydes is 1. The fraction of sp³-hybridized carbons (Fsp3) is 0.714. The number of carbonyl (C=O) groups excluding carboxylic acids is 2. The van der Waals surface area contributed by atoms with Crippen LogP contribution in [0.1, 0.15) is 13.8 Å². The van der Waals surface area contributed by atoms with Crippen molar-refractivity contribution < 1.29 is 19.1 Å². The molecule has 4 nitrogen and oxygen atoms in total. The molecular formula is C7H8O4. The van der Waals surface area contributed by atoms with Gasteiger partial charge >= 0.3 is 6.16 Å². The molecule has 0 aromatic heterocycles. The molecule has 4 heteroatoms. The smallest absolute Gasteiger partial charge is 0.425 e. The molecule has 1 saturated heterocycles. The lowest BCUT2D eigenvalue weighted by Crippen LogP contribution is -2.23. The Bertz CT molecular complexity index is 245. The van der Waals surface area contributed by atoms with Crippen LogP contribution in [0.4, 0.5) is 4.79 Å². The van der Waals surface area contributed by atoms with Gasteiger partial charge in [-0.25, -0.2) is 4.79 Å². The van der Waals surface area contributed by atoms with Gasteiger partial charge in [0.05, 0.1) is 5.41 Å². The van der Waals surface area contributed by atoms with E-state index in [9.17, 15) is 9.59 Å². The summed E-state index contributed by atoms with van der Waals surface area (Å²) in [5.74, 6) is 0. The summed E-state index contributed by atoms with van der Waals surface area (Å²) in [6.07, 6.45) is -0.454. The summed E-state index contributed by atoms with van der Waals surface area (Å²) in [7, 11) is 0. The molecule has 2 unspecified atom stereocenters. The van der Waals surface area contributed by atoms with E-state index >= 15 is 0 Å². The van der Waals surface area contributed by atoms with E-state index < -0.39 is 11.8 Å². The molecule has 2 aliphatic rings. The Kier molecular flexibility index (Phi) is 0.855. The molecule has 0 aromatic carbocycles. The van der Waals surface area contributed by atoms with Crippen LogP contribution in [0.2, 0.25) is 0 Å². The third-order valence-corrected chi connectivity index (χ3v) is 2.61.